The van der Waals surface area contributed by atoms with E-state index < -0.39 is 0 Å². The van der Waals surface area contributed by atoms with Crippen LogP contribution in [0.15, 0.2) is 6.07 Å². The van der Waals surface area contributed by atoms with Crippen LogP contribution in [0.2, 0.25) is 0 Å². The van der Waals surface area contributed by atoms with Gasteiger partial charge in [0.2, 0.25) is 5.91 Å². The second kappa shape index (κ2) is 6.61. The number of hydrogen-bond donors (Lipinski definition) is 3. The van der Waals surface area contributed by atoms with Crippen molar-refractivity contribution < 1.29 is 4.79 Å². The smallest absolute Gasteiger partial charge is 0.226 e. The van der Waals surface area contributed by atoms with Crippen LogP contribution >= 0.6 is 12.4 Å². The molecule has 0 spiro atoms. The molecule has 2 heterocycles. The fourth-order valence-electron chi connectivity index (χ4n) is 1.98. The molecule has 96 valence electrons. The van der Waals surface area contributed by atoms with Crippen LogP contribution in [-0.4, -0.2) is 35.2 Å². The summed E-state index contributed by atoms with van der Waals surface area (Å²) in [6.45, 7) is 3.87. The van der Waals surface area contributed by atoms with E-state index in [1.54, 1.807) is 0 Å². The molecule has 0 bridgehead atoms. The number of nitrogens with one attached hydrogen (secondary N) is 3. The minimum absolute atomic E-state index is 0. The van der Waals surface area contributed by atoms with Crippen molar-refractivity contribution in [3.63, 3.8) is 0 Å². The quantitative estimate of drug-likeness (QED) is 0.742. The lowest BCUT2D eigenvalue weighted by Gasteiger charge is -2.23. The van der Waals surface area contributed by atoms with Gasteiger partial charge in [-0.05, 0) is 32.4 Å². The third kappa shape index (κ3) is 4.36. The van der Waals surface area contributed by atoms with E-state index in [0.717, 1.165) is 37.3 Å². The van der Waals surface area contributed by atoms with Gasteiger partial charge in [-0.25, -0.2) is 0 Å². The molecule has 1 atom stereocenters. The second-order valence-electron chi connectivity index (χ2n) is 4.33. The van der Waals surface area contributed by atoms with E-state index in [0.29, 0.717) is 6.42 Å². The number of carbonyl (C=O) groups is 1. The lowest BCUT2D eigenvalue weighted by Crippen LogP contribution is -2.46. The predicted octanol–water partition coefficient (Wildman–Crippen LogP) is 0.551. The Labute approximate surface area is 107 Å². The molecule has 1 aromatic heterocycles. The number of aromatic nitrogens is 2. The van der Waals surface area contributed by atoms with Crippen molar-refractivity contribution in [3.05, 3.63) is 17.5 Å². The molecule has 0 aromatic carbocycles. The molecule has 1 amide bonds. The normalized spacial score (nSPS) is 19.5. The summed E-state index contributed by atoms with van der Waals surface area (Å²) < 4.78 is 0. The number of H-pyrrole nitrogens is 1. The number of aromatic amines is 1. The van der Waals surface area contributed by atoms with Gasteiger partial charge in [-0.15, -0.1) is 12.4 Å². The number of aryl methyl sites for hydroxylation is 1. The number of carbonyl (C=O) groups excluding carboxylic acids is 1. The predicted molar refractivity (Wildman–Crippen MR) is 68.3 cm³/mol. The summed E-state index contributed by atoms with van der Waals surface area (Å²) in [7, 11) is 0. The molecule has 1 saturated heterocycles. The third-order valence-corrected chi connectivity index (χ3v) is 2.76. The number of rotatable bonds is 3. The Bertz CT molecular complexity index is 360. The molecule has 1 aliphatic rings. The molecule has 17 heavy (non-hydrogen) atoms. The van der Waals surface area contributed by atoms with Crippen LogP contribution in [0.25, 0.3) is 0 Å². The van der Waals surface area contributed by atoms with Crippen molar-refractivity contribution >= 4 is 18.3 Å². The molecule has 0 radical (unpaired) electrons. The highest BCUT2D eigenvalue weighted by atomic mass is 35.5. The molecule has 1 aliphatic heterocycles. The Morgan fingerprint density at radius 1 is 1.65 bits per heavy atom. The lowest BCUT2D eigenvalue weighted by molar-refractivity contribution is -0.121. The summed E-state index contributed by atoms with van der Waals surface area (Å²) in [5, 5.41) is 13.2. The van der Waals surface area contributed by atoms with Crippen LogP contribution in [0.1, 0.15) is 24.2 Å². The van der Waals surface area contributed by atoms with Crippen LogP contribution in [0.5, 0.6) is 0 Å². The zero-order valence-electron chi connectivity index (χ0n) is 9.95. The minimum atomic E-state index is 0. The summed E-state index contributed by atoms with van der Waals surface area (Å²) in [6.07, 6.45) is 2.56. The summed E-state index contributed by atoms with van der Waals surface area (Å²) in [4.78, 5) is 11.7. The number of halogens is 1. The van der Waals surface area contributed by atoms with Gasteiger partial charge in [0.05, 0.1) is 12.1 Å². The zero-order valence-corrected chi connectivity index (χ0v) is 10.8. The minimum Gasteiger partial charge on any atom is -0.352 e. The van der Waals surface area contributed by atoms with Crippen LogP contribution in [0, 0.1) is 6.92 Å². The monoisotopic (exact) mass is 258 g/mol. The number of hydrogen-bond acceptors (Lipinski definition) is 3. The first-order valence-corrected chi connectivity index (χ1v) is 5.75. The molecule has 3 N–H and O–H groups in total. The van der Waals surface area contributed by atoms with Gasteiger partial charge in [-0.1, -0.05) is 0 Å². The topological polar surface area (TPSA) is 69.8 Å². The SMILES string of the molecule is Cc1cc(CC(=O)NC2CCCNC2)n[nH]1.Cl. The van der Waals surface area contributed by atoms with Gasteiger partial charge in [0, 0.05) is 18.3 Å². The zero-order chi connectivity index (χ0) is 11.4. The maximum Gasteiger partial charge on any atom is 0.226 e. The fourth-order valence-corrected chi connectivity index (χ4v) is 1.98. The molecule has 1 fully saturated rings. The van der Waals surface area contributed by atoms with Crippen molar-refractivity contribution in [2.45, 2.75) is 32.2 Å². The van der Waals surface area contributed by atoms with Gasteiger partial charge >= 0.3 is 0 Å². The number of nitrogens with zero attached hydrogens (tertiary/aromatic N) is 1. The molecule has 6 heteroatoms. The van der Waals surface area contributed by atoms with E-state index >= 15 is 0 Å². The number of amides is 1. The van der Waals surface area contributed by atoms with Gasteiger partial charge < -0.3 is 10.6 Å². The molecule has 1 aromatic rings. The second-order valence-corrected chi connectivity index (χ2v) is 4.33. The third-order valence-electron chi connectivity index (χ3n) is 2.76. The highest BCUT2D eigenvalue weighted by molar-refractivity contribution is 5.85. The van der Waals surface area contributed by atoms with Crippen LogP contribution in [-0.2, 0) is 11.2 Å². The first-order chi connectivity index (χ1) is 7.74. The Morgan fingerprint density at radius 2 is 2.47 bits per heavy atom. The first-order valence-electron chi connectivity index (χ1n) is 5.75. The molecule has 2 rings (SSSR count). The van der Waals surface area contributed by atoms with Gasteiger partial charge in [-0.3, -0.25) is 9.89 Å². The molecule has 5 nitrogen and oxygen atoms in total. The van der Waals surface area contributed by atoms with Crippen molar-refractivity contribution in [1.29, 1.82) is 0 Å². The van der Waals surface area contributed by atoms with Crippen molar-refractivity contribution in [2.75, 3.05) is 13.1 Å². The number of piperidine rings is 1. The fraction of sp³-hybridized carbons (Fsp3) is 0.636. The van der Waals surface area contributed by atoms with E-state index in [9.17, 15) is 4.79 Å². The summed E-state index contributed by atoms with van der Waals surface area (Å²) in [5.41, 5.74) is 1.79. The molecular formula is C11H19ClN4O. The average Bonchev–Trinajstić information content (AvgIpc) is 2.65. The van der Waals surface area contributed by atoms with Crippen LogP contribution < -0.4 is 10.6 Å². The molecular weight excluding hydrogens is 240 g/mol. The largest absolute Gasteiger partial charge is 0.352 e. The van der Waals surface area contributed by atoms with Gasteiger partial charge in [-0.2, -0.15) is 5.10 Å². The molecule has 0 saturated carbocycles. The molecule has 1 unspecified atom stereocenters. The summed E-state index contributed by atoms with van der Waals surface area (Å²) in [5.74, 6) is 0.0557. The summed E-state index contributed by atoms with van der Waals surface area (Å²) >= 11 is 0. The Hall–Kier alpha value is -1.07. The maximum absolute atomic E-state index is 11.7. The lowest BCUT2D eigenvalue weighted by atomic mass is 10.1. The highest BCUT2D eigenvalue weighted by Crippen LogP contribution is 2.03. The van der Waals surface area contributed by atoms with Crippen molar-refractivity contribution in [1.82, 2.24) is 20.8 Å². The maximum atomic E-state index is 11.7. The van der Waals surface area contributed by atoms with Gasteiger partial charge in [0.15, 0.2) is 0 Å². The average molecular weight is 259 g/mol. The highest BCUT2D eigenvalue weighted by Gasteiger charge is 2.15. The van der Waals surface area contributed by atoms with Crippen LogP contribution in [0.3, 0.4) is 0 Å². The van der Waals surface area contributed by atoms with Crippen molar-refractivity contribution in [3.8, 4) is 0 Å². The Morgan fingerprint density at radius 3 is 3.06 bits per heavy atom. The van der Waals surface area contributed by atoms with E-state index in [4.69, 9.17) is 0 Å². The Kier molecular flexibility index (Phi) is 5.44. The van der Waals surface area contributed by atoms with E-state index in [1.165, 1.54) is 0 Å². The Balaban J connectivity index is 0.00000144. The standard InChI is InChI=1S/C11H18N4O.ClH/c1-8-5-10(15-14-8)6-11(16)13-9-3-2-4-12-7-9;/h5,9,12H,2-4,6-7H2,1H3,(H,13,16)(H,14,15);1H. The van der Waals surface area contributed by atoms with Crippen molar-refractivity contribution in [2.24, 2.45) is 0 Å². The van der Waals surface area contributed by atoms with E-state index in [-0.39, 0.29) is 24.4 Å². The van der Waals surface area contributed by atoms with Gasteiger partial charge in [0.25, 0.3) is 0 Å². The van der Waals surface area contributed by atoms with Gasteiger partial charge in [0.1, 0.15) is 0 Å². The van der Waals surface area contributed by atoms with E-state index in [2.05, 4.69) is 20.8 Å². The van der Waals surface area contributed by atoms with E-state index in [1.807, 2.05) is 13.0 Å². The summed E-state index contributed by atoms with van der Waals surface area (Å²) in [6, 6.07) is 2.18. The molecule has 0 aliphatic carbocycles. The van der Waals surface area contributed by atoms with Crippen LogP contribution in [0.4, 0.5) is 0 Å². The first kappa shape index (κ1) is 14.0.